The van der Waals surface area contributed by atoms with E-state index in [1.165, 1.54) is 41.9 Å². The van der Waals surface area contributed by atoms with Crippen molar-refractivity contribution in [2.75, 3.05) is 26.8 Å². The fourth-order valence-corrected chi connectivity index (χ4v) is 7.74. The number of unbranched alkanes of at least 4 members (excludes halogenated alkanes) is 2. The summed E-state index contributed by atoms with van der Waals surface area (Å²) in [4.78, 5) is 12.5. The lowest BCUT2D eigenvalue weighted by atomic mass is 9.90. The first-order chi connectivity index (χ1) is 25.3. The number of ether oxygens (including phenoxy) is 2. The van der Waals surface area contributed by atoms with E-state index in [4.69, 9.17) is 26.2 Å². The van der Waals surface area contributed by atoms with Gasteiger partial charge >= 0.3 is 0 Å². The summed E-state index contributed by atoms with van der Waals surface area (Å²) in [5, 5.41) is 61.0. The van der Waals surface area contributed by atoms with E-state index < -0.39 is 53.1 Å². The summed E-state index contributed by atoms with van der Waals surface area (Å²) in [6.45, 7) is -1.17. The fraction of sp³-hybridized carbons (Fsp3) is 0.526. The predicted molar refractivity (Wildman–Crippen MR) is 195 cm³/mol. The van der Waals surface area contributed by atoms with Gasteiger partial charge in [0.1, 0.15) is 29.3 Å². The molecule has 3 aromatic rings. The highest BCUT2D eigenvalue weighted by molar-refractivity contribution is 7.89. The maximum absolute atomic E-state index is 13.5. The van der Waals surface area contributed by atoms with Crippen LogP contribution in [0.3, 0.4) is 0 Å². The first-order valence-electron chi connectivity index (χ1n) is 18.0. The third kappa shape index (κ3) is 10.3. The molecule has 15 heteroatoms. The van der Waals surface area contributed by atoms with Gasteiger partial charge in [0.05, 0.1) is 35.9 Å². The number of ketones is 1. The van der Waals surface area contributed by atoms with Crippen LogP contribution >= 0.6 is 11.6 Å². The second kappa shape index (κ2) is 18.0. The van der Waals surface area contributed by atoms with Crippen LogP contribution in [-0.2, 0) is 31.8 Å². The molecular weight excluding hydrogens is 728 g/mol. The standard InChI is InChI=1S/C38H49ClN2O11S/c1-40(17-6-2-3-7-27(44)19-25(22-42)36(46)37(47)34(45)23-43)53(49,50)29-12-13-33(39)26(20-29)24-51-38(15-16-38)32-21-41(48)18-14-30(32)31-8-4-5-9-35(31)52-28-10-11-28/h4-5,8-9,12-14,18,20-21,25,28,34,36-37,42-43,45-47H,2-3,6-7,10-11,15-17,19,22-24H2,1H3/t25-,34+,36+,37+/m0/s1. The van der Waals surface area contributed by atoms with Gasteiger partial charge in [-0.25, -0.2) is 12.7 Å². The summed E-state index contributed by atoms with van der Waals surface area (Å²) in [6.07, 6.45) is 2.96. The van der Waals surface area contributed by atoms with E-state index in [0.717, 1.165) is 40.0 Å². The zero-order valence-electron chi connectivity index (χ0n) is 29.7. The highest BCUT2D eigenvalue weighted by Gasteiger charge is 2.49. The summed E-state index contributed by atoms with van der Waals surface area (Å²) < 4.78 is 41.7. The summed E-state index contributed by atoms with van der Waals surface area (Å²) in [5.41, 5.74) is 2.16. The molecule has 0 unspecified atom stereocenters. The Bertz CT molecular complexity index is 1820. The molecule has 0 aliphatic heterocycles. The first kappa shape index (κ1) is 41.0. The normalized spacial score (nSPS) is 17.7. The molecule has 5 rings (SSSR count). The van der Waals surface area contributed by atoms with Crippen molar-refractivity contribution in [2.45, 2.75) is 99.3 Å². The van der Waals surface area contributed by atoms with Gasteiger partial charge in [-0.3, -0.25) is 4.79 Å². The average Bonchev–Trinajstić information content (AvgIpc) is 4.10. The number of aromatic nitrogens is 1. The Morgan fingerprint density at radius 3 is 2.43 bits per heavy atom. The number of Topliss-reactive ketones (excluding diaryl/α,β-unsaturated/α-hetero) is 1. The molecule has 2 aliphatic rings. The predicted octanol–water partition coefficient (Wildman–Crippen LogP) is 3.21. The van der Waals surface area contributed by atoms with E-state index in [0.29, 0.717) is 42.7 Å². The number of nitrogens with zero attached hydrogens (tertiary/aromatic N) is 2. The Hall–Kier alpha value is -3.18. The van der Waals surface area contributed by atoms with Crippen LogP contribution in [0.25, 0.3) is 11.1 Å². The Balaban J connectivity index is 1.16. The van der Waals surface area contributed by atoms with Gasteiger partial charge in [0.2, 0.25) is 10.0 Å². The minimum atomic E-state index is -3.90. The van der Waals surface area contributed by atoms with Crippen molar-refractivity contribution in [1.29, 1.82) is 0 Å². The Kier molecular flexibility index (Phi) is 13.9. The number of sulfonamides is 1. The van der Waals surface area contributed by atoms with Crippen LogP contribution in [0.5, 0.6) is 5.75 Å². The molecule has 5 N–H and O–H groups in total. The maximum Gasteiger partial charge on any atom is 0.242 e. The smallest absolute Gasteiger partial charge is 0.242 e. The molecule has 0 spiro atoms. The SMILES string of the molecule is CN(CCCCCC(=O)C[C@@H](CO)[C@@H](O)[C@H](O)[C@H](O)CO)S(=O)(=O)c1ccc(Cl)c(COC2(c3c[n+]([O-])ccc3-c3ccccc3OC3CC3)CC2)c1. The van der Waals surface area contributed by atoms with Crippen LogP contribution in [-0.4, -0.2) is 95.3 Å². The van der Waals surface area contributed by atoms with Gasteiger partial charge in [-0.15, -0.1) is 0 Å². The summed E-state index contributed by atoms with van der Waals surface area (Å²) in [7, 11) is -2.42. The number of para-hydroxylation sites is 1. The topological polar surface area (TPSA) is 201 Å². The lowest BCUT2D eigenvalue weighted by Gasteiger charge is -2.27. The van der Waals surface area contributed by atoms with E-state index in [1.807, 2.05) is 24.3 Å². The monoisotopic (exact) mass is 776 g/mol. The number of aliphatic hydroxyl groups excluding tert-OH is 5. The van der Waals surface area contributed by atoms with Crippen LogP contribution < -0.4 is 9.47 Å². The second-order valence-electron chi connectivity index (χ2n) is 14.0. The zero-order chi connectivity index (χ0) is 38.3. The molecule has 0 saturated heterocycles. The van der Waals surface area contributed by atoms with Crippen LogP contribution in [0.1, 0.15) is 68.9 Å². The minimum absolute atomic E-state index is 0.0164. The zero-order valence-corrected chi connectivity index (χ0v) is 31.3. The Morgan fingerprint density at radius 2 is 1.75 bits per heavy atom. The highest BCUT2D eigenvalue weighted by atomic mass is 35.5. The maximum atomic E-state index is 13.5. The van der Waals surface area contributed by atoms with E-state index in [2.05, 4.69) is 0 Å². The van der Waals surface area contributed by atoms with Gasteiger partial charge < -0.3 is 40.2 Å². The Labute approximate surface area is 315 Å². The largest absolute Gasteiger partial charge is 0.619 e. The average molecular weight is 777 g/mol. The fourth-order valence-electron chi connectivity index (χ4n) is 6.31. The lowest BCUT2D eigenvalue weighted by Crippen LogP contribution is -2.45. The van der Waals surface area contributed by atoms with E-state index in [1.54, 1.807) is 6.07 Å². The van der Waals surface area contributed by atoms with Gasteiger partial charge in [0.15, 0.2) is 12.4 Å². The molecule has 0 bridgehead atoms. The van der Waals surface area contributed by atoms with Gasteiger partial charge in [-0.1, -0.05) is 36.2 Å². The molecule has 0 amide bonds. The quantitative estimate of drug-likeness (QED) is 0.0570. The number of carbonyl (C=O) groups is 1. The second-order valence-corrected chi connectivity index (χ2v) is 16.5. The molecule has 2 aliphatic carbocycles. The van der Waals surface area contributed by atoms with Gasteiger partial charge in [-0.05, 0) is 68.4 Å². The van der Waals surface area contributed by atoms with Crippen molar-refractivity contribution in [3.8, 4) is 16.9 Å². The van der Waals surface area contributed by atoms with Gasteiger partial charge in [0.25, 0.3) is 0 Å². The molecule has 13 nitrogen and oxygen atoms in total. The Morgan fingerprint density at radius 1 is 1.02 bits per heavy atom. The number of rotatable bonds is 22. The molecule has 1 heterocycles. The molecule has 290 valence electrons. The third-order valence-electron chi connectivity index (χ3n) is 9.92. The summed E-state index contributed by atoms with van der Waals surface area (Å²) in [6, 6.07) is 14.0. The van der Waals surface area contributed by atoms with E-state index >= 15 is 0 Å². The van der Waals surface area contributed by atoms with Crippen molar-refractivity contribution < 1.29 is 52.9 Å². The van der Waals surface area contributed by atoms with Gasteiger partial charge in [-0.2, -0.15) is 4.73 Å². The molecule has 2 aromatic carbocycles. The molecule has 2 fully saturated rings. The van der Waals surface area contributed by atoms with Crippen molar-refractivity contribution in [3.63, 3.8) is 0 Å². The first-order valence-corrected chi connectivity index (χ1v) is 19.8. The van der Waals surface area contributed by atoms with Crippen LogP contribution in [0.2, 0.25) is 5.02 Å². The molecule has 4 atom stereocenters. The highest BCUT2D eigenvalue weighted by Crippen LogP contribution is 2.53. The number of hydrogen-bond acceptors (Lipinski definition) is 11. The molecule has 53 heavy (non-hydrogen) atoms. The summed E-state index contributed by atoms with van der Waals surface area (Å²) >= 11 is 6.54. The number of aliphatic hydroxyl groups is 5. The van der Waals surface area contributed by atoms with Crippen LogP contribution in [0, 0.1) is 11.1 Å². The minimum Gasteiger partial charge on any atom is -0.619 e. The van der Waals surface area contributed by atoms with Crippen molar-refractivity contribution in [1.82, 2.24) is 4.31 Å². The number of hydrogen-bond donors (Lipinski definition) is 5. The van der Waals surface area contributed by atoms with Crippen LogP contribution in [0.4, 0.5) is 0 Å². The van der Waals surface area contributed by atoms with Crippen molar-refractivity contribution >= 4 is 27.4 Å². The number of pyridine rings is 1. The van der Waals surface area contributed by atoms with E-state index in [9.17, 15) is 38.8 Å². The third-order valence-corrected chi connectivity index (χ3v) is 12.1. The number of halogens is 1. The van der Waals surface area contributed by atoms with Crippen molar-refractivity contribution in [3.05, 3.63) is 82.3 Å². The number of carbonyl (C=O) groups excluding carboxylic acids is 1. The van der Waals surface area contributed by atoms with Crippen LogP contribution in [0.15, 0.2) is 65.8 Å². The van der Waals surface area contributed by atoms with E-state index in [-0.39, 0.29) is 42.8 Å². The molecule has 1 aromatic heterocycles. The number of benzene rings is 2. The molecule has 0 radical (unpaired) electrons. The van der Waals surface area contributed by atoms with Gasteiger partial charge in [0, 0.05) is 61.2 Å². The summed E-state index contributed by atoms with van der Waals surface area (Å²) in [5.74, 6) is -0.521. The molecule has 2 saturated carbocycles. The van der Waals surface area contributed by atoms with Crippen molar-refractivity contribution in [2.24, 2.45) is 5.92 Å². The molecular formula is C38H49ClN2O11S. The lowest BCUT2D eigenvalue weighted by molar-refractivity contribution is -0.606.